The molecule has 0 saturated heterocycles. The van der Waals surface area contributed by atoms with E-state index in [0.717, 1.165) is 22.6 Å². The molecular formula is C29H28N2O2S4. The SMILES string of the molecule is CCCCN1C(=O)c2cc(-c3ccc(-c4ccc(-c5ccc(/C=N/C6CCCCC6)s5)s4)s3)sc2C1=O. The van der Waals surface area contributed by atoms with E-state index in [4.69, 9.17) is 4.99 Å². The first-order valence-corrected chi connectivity index (χ1v) is 16.2. The molecule has 37 heavy (non-hydrogen) atoms. The molecule has 4 nitrogen and oxygen atoms in total. The summed E-state index contributed by atoms with van der Waals surface area (Å²) in [6, 6.07) is 15.4. The highest BCUT2D eigenvalue weighted by Gasteiger charge is 2.37. The average molecular weight is 565 g/mol. The number of thiophene rings is 4. The molecule has 5 heterocycles. The van der Waals surface area contributed by atoms with Gasteiger partial charge in [0.1, 0.15) is 4.88 Å². The van der Waals surface area contributed by atoms with E-state index in [1.807, 2.05) is 6.07 Å². The van der Waals surface area contributed by atoms with Gasteiger partial charge in [-0.3, -0.25) is 19.5 Å². The fourth-order valence-electron chi connectivity index (χ4n) is 4.88. The number of unbranched alkanes of at least 4 members (excludes halogenated alkanes) is 1. The highest BCUT2D eigenvalue weighted by molar-refractivity contribution is 7.29. The highest BCUT2D eigenvalue weighted by atomic mass is 32.1. The van der Waals surface area contributed by atoms with Crippen molar-refractivity contribution in [3.05, 3.63) is 57.8 Å². The maximum Gasteiger partial charge on any atom is 0.271 e. The van der Waals surface area contributed by atoms with Gasteiger partial charge in [-0.1, -0.05) is 32.6 Å². The van der Waals surface area contributed by atoms with Crippen LogP contribution in [0.3, 0.4) is 0 Å². The number of imide groups is 1. The summed E-state index contributed by atoms with van der Waals surface area (Å²) in [7, 11) is 0. The summed E-state index contributed by atoms with van der Waals surface area (Å²) in [5.41, 5.74) is 0.565. The molecule has 1 fully saturated rings. The number of fused-ring (bicyclic) bond motifs is 1. The highest BCUT2D eigenvalue weighted by Crippen LogP contribution is 2.44. The Labute approximate surface area is 233 Å². The second-order valence-corrected chi connectivity index (χ2v) is 13.9. The lowest BCUT2D eigenvalue weighted by Gasteiger charge is -2.16. The van der Waals surface area contributed by atoms with Gasteiger partial charge in [-0.25, -0.2) is 0 Å². The molecule has 2 amide bonds. The molecule has 8 heteroatoms. The molecule has 4 aromatic heterocycles. The molecular weight excluding hydrogens is 537 g/mol. The van der Waals surface area contributed by atoms with Gasteiger partial charge in [0.25, 0.3) is 11.8 Å². The number of aliphatic imine (C=N–C) groups is 1. The fourth-order valence-corrected chi connectivity index (χ4v) is 9.14. The fraction of sp³-hybridized carbons (Fsp3) is 0.345. The molecule has 1 saturated carbocycles. The normalized spacial score (nSPS) is 16.4. The Hall–Kier alpha value is -2.39. The van der Waals surface area contributed by atoms with Gasteiger partial charge in [0.15, 0.2) is 0 Å². The number of hydrogen-bond donors (Lipinski definition) is 0. The molecule has 1 aliphatic carbocycles. The van der Waals surface area contributed by atoms with Crippen LogP contribution in [0.2, 0.25) is 0 Å². The third-order valence-electron chi connectivity index (χ3n) is 6.94. The van der Waals surface area contributed by atoms with Gasteiger partial charge in [0.2, 0.25) is 0 Å². The van der Waals surface area contributed by atoms with Crippen molar-refractivity contribution in [1.82, 2.24) is 4.90 Å². The first-order valence-electron chi connectivity index (χ1n) is 12.9. The first-order chi connectivity index (χ1) is 18.1. The third-order valence-corrected chi connectivity index (χ3v) is 11.8. The molecule has 2 aliphatic rings. The van der Waals surface area contributed by atoms with E-state index in [1.54, 1.807) is 34.0 Å². The van der Waals surface area contributed by atoms with Gasteiger partial charge in [-0.05, 0) is 61.7 Å². The van der Waals surface area contributed by atoms with Crippen molar-refractivity contribution in [1.29, 1.82) is 0 Å². The quantitative estimate of drug-likeness (QED) is 0.158. The summed E-state index contributed by atoms with van der Waals surface area (Å²) >= 11 is 6.77. The molecule has 6 rings (SSSR count). The van der Waals surface area contributed by atoms with E-state index in [9.17, 15) is 9.59 Å². The van der Waals surface area contributed by atoms with Crippen LogP contribution in [0.15, 0.2) is 47.5 Å². The lowest BCUT2D eigenvalue weighted by molar-refractivity contribution is 0.0653. The van der Waals surface area contributed by atoms with Crippen LogP contribution in [-0.4, -0.2) is 35.5 Å². The monoisotopic (exact) mass is 564 g/mol. The zero-order valence-electron chi connectivity index (χ0n) is 20.7. The Morgan fingerprint density at radius 1 is 0.811 bits per heavy atom. The van der Waals surface area contributed by atoms with E-state index in [0.29, 0.717) is 23.0 Å². The van der Waals surface area contributed by atoms with Gasteiger partial charge in [-0.2, -0.15) is 0 Å². The zero-order valence-corrected chi connectivity index (χ0v) is 24.0. The van der Waals surface area contributed by atoms with Crippen molar-refractivity contribution in [2.24, 2.45) is 4.99 Å². The molecule has 0 aromatic carbocycles. The Bertz CT molecular complexity index is 1430. The molecule has 0 unspecified atom stereocenters. The van der Waals surface area contributed by atoms with Gasteiger partial charge in [0, 0.05) is 52.9 Å². The third kappa shape index (κ3) is 5.04. The molecule has 190 valence electrons. The van der Waals surface area contributed by atoms with Gasteiger partial charge in [0.05, 0.1) is 5.56 Å². The van der Waals surface area contributed by atoms with Crippen LogP contribution in [0.1, 0.15) is 76.8 Å². The first kappa shape index (κ1) is 24.9. The molecule has 0 spiro atoms. The van der Waals surface area contributed by atoms with Crippen molar-refractivity contribution in [2.45, 2.75) is 57.9 Å². The van der Waals surface area contributed by atoms with Crippen LogP contribution >= 0.6 is 45.3 Å². The molecule has 0 bridgehead atoms. The summed E-state index contributed by atoms with van der Waals surface area (Å²) in [5, 5.41) is 0. The van der Waals surface area contributed by atoms with Gasteiger partial charge < -0.3 is 0 Å². The van der Waals surface area contributed by atoms with E-state index in [-0.39, 0.29) is 11.8 Å². The lowest BCUT2D eigenvalue weighted by Crippen LogP contribution is -2.30. The number of carbonyl (C=O) groups excluding carboxylic acids is 2. The molecule has 0 radical (unpaired) electrons. The number of nitrogens with zero attached hydrogens (tertiary/aromatic N) is 2. The number of amides is 2. The van der Waals surface area contributed by atoms with Crippen molar-refractivity contribution >= 4 is 63.4 Å². The van der Waals surface area contributed by atoms with Crippen molar-refractivity contribution < 1.29 is 9.59 Å². The second kappa shape index (κ2) is 10.8. The van der Waals surface area contributed by atoms with E-state index in [2.05, 4.69) is 49.5 Å². The van der Waals surface area contributed by atoms with E-state index < -0.39 is 0 Å². The predicted octanol–water partition coefficient (Wildman–Crippen LogP) is 9.08. The Balaban J connectivity index is 1.16. The Morgan fingerprint density at radius 2 is 1.43 bits per heavy atom. The smallest absolute Gasteiger partial charge is 0.271 e. The number of carbonyl (C=O) groups is 2. The second-order valence-electron chi connectivity index (χ2n) is 9.57. The Kier molecular flexibility index (Phi) is 7.25. The average Bonchev–Trinajstić information content (AvgIpc) is 3.74. The Morgan fingerprint density at radius 3 is 2.08 bits per heavy atom. The van der Waals surface area contributed by atoms with Crippen LogP contribution in [-0.2, 0) is 0 Å². The summed E-state index contributed by atoms with van der Waals surface area (Å²) in [6.45, 7) is 2.57. The molecule has 0 atom stereocenters. The summed E-state index contributed by atoms with van der Waals surface area (Å²) in [4.78, 5) is 40.6. The largest absolute Gasteiger partial charge is 0.288 e. The van der Waals surface area contributed by atoms with Crippen LogP contribution < -0.4 is 0 Å². The van der Waals surface area contributed by atoms with Gasteiger partial charge in [-0.15, -0.1) is 45.3 Å². The predicted molar refractivity (Wildman–Crippen MR) is 159 cm³/mol. The maximum absolute atomic E-state index is 12.8. The van der Waals surface area contributed by atoms with Crippen LogP contribution in [0.5, 0.6) is 0 Å². The van der Waals surface area contributed by atoms with Crippen molar-refractivity contribution in [3.8, 4) is 29.3 Å². The van der Waals surface area contributed by atoms with E-state index in [1.165, 1.54) is 72.7 Å². The van der Waals surface area contributed by atoms with Gasteiger partial charge >= 0.3 is 0 Å². The van der Waals surface area contributed by atoms with Crippen LogP contribution in [0.25, 0.3) is 29.3 Å². The summed E-state index contributed by atoms with van der Waals surface area (Å²) in [5.74, 6) is -0.279. The minimum atomic E-state index is -0.144. The summed E-state index contributed by atoms with van der Waals surface area (Å²) < 4.78 is 0. The standard InChI is InChI=1S/C29H28N2O2S4/c1-2-3-15-31-28(32)20-16-26(37-27(20)29(31)33)25-14-13-24(36-25)23-12-11-22(35-23)21-10-9-19(34-21)17-30-18-7-5-4-6-8-18/h9-14,16-18H,2-8,15H2,1H3/b30-17+. The van der Waals surface area contributed by atoms with Crippen molar-refractivity contribution in [3.63, 3.8) is 0 Å². The van der Waals surface area contributed by atoms with Crippen LogP contribution in [0, 0.1) is 0 Å². The van der Waals surface area contributed by atoms with E-state index >= 15 is 0 Å². The molecule has 1 aliphatic heterocycles. The lowest BCUT2D eigenvalue weighted by atomic mass is 9.96. The minimum absolute atomic E-state index is 0.136. The van der Waals surface area contributed by atoms with Crippen LogP contribution in [0.4, 0.5) is 0 Å². The minimum Gasteiger partial charge on any atom is -0.288 e. The number of rotatable bonds is 8. The molecule has 0 N–H and O–H groups in total. The maximum atomic E-state index is 12.8. The number of hydrogen-bond acceptors (Lipinski definition) is 7. The zero-order chi connectivity index (χ0) is 25.4. The topological polar surface area (TPSA) is 49.7 Å². The molecule has 4 aromatic rings. The summed E-state index contributed by atoms with van der Waals surface area (Å²) in [6.07, 6.45) is 10.3. The van der Waals surface area contributed by atoms with Crippen molar-refractivity contribution in [2.75, 3.05) is 6.54 Å².